The van der Waals surface area contributed by atoms with Crippen molar-refractivity contribution in [2.45, 2.75) is 52.6 Å². The highest BCUT2D eigenvalue weighted by atomic mass is 32.1. The predicted octanol–water partition coefficient (Wildman–Crippen LogP) is 2.11. The molecule has 0 aliphatic heterocycles. The summed E-state index contributed by atoms with van der Waals surface area (Å²) in [6.45, 7) is 7.15. The average molecular weight is 323 g/mol. The van der Waals surface area contributed by atoms with Crippen LogP contribution in [-0.4, -0.2) is 26.8 Å². The molecule has 0 unspecified atom stereocenters. The summed E-state index contributed by atoms with van der Waals surface area (Å²) in [5, 5.41) is 11.1. The Bertz CT molecular complexity index is 556. The molecule has 1 aliphatic rings. The average Bonchev–Trinajstić information content (AvgIpc) is 2.87. The number of hydrogen-bond acceptors (Lipinski definition) is 3. The molecule has 0 bridgehead atoms. The normalized spacial score (nSPS) is 24.8. The molecule has 0 aromatic carbocycles. The first-order chi connectivity index (χ1) is 10.4. The monoisotopic (exact) mass is 323 g/mol. The molecule has 1 aromatic heterocycles. The third-order valence-electron chi connectivity index (χ3n) is 4.59. The van der Waals surface area contributed by atoms with Crippen LogP contribution in [0.25, 0.3) is 0 Å². The van der Waals surface area contributed by atoms with Gasteiger partial charge < -0.3 is 16.4 Å². The number of hydrogen-bond donors (Lipinski definition) is 3. The molecular formula is C15H25N5OS. The summed E-state index contributed by atoms with van der Waals surface area (Å²) in [5.74, 6) is 0.706. The molecule has 1 heterocycles. The number of amides is 1. The van der Waals surface area contributed by atoms with E-state index in [0.717, 1.165) is 6.42 Å². The number of primary amides is 1. The number of nitrogens with one attached hydrogen (secondary N) is 2. The number of rotatable bonds is 4. The van der Waals surface area contributed by atoms with Crippen molar-refractivity contribution in [3.05, 3.63) is 11.9 Å². The van der Waals surface area contributed by atoms with Crippen LogP contribution < -0.4 is 16.4 Å². The molecule has 122 valence electrons. The smallest absolute Gasteiger partial charge is 0.271 e. The fourth-order valence-corrected chi connectivity index (χ4v) is 3.23. The highest BCUT2D eigenvalue weighted by Gasteiger charge is 2.27. The lowest BCUT2D eigenvalue weighted by atomic mass is 9.78. The third kappa shape index (κ3) is 3.76. The van der Waals surface area contributed by atoms with E-state index in [1.54, 1.807) is 10.9 Å². The molecule has 7 heteroatoms. The molecule has 0 saturated heterocycles. The van der Waals surface area contributed by atoms with Gasteiger partial charge >= 0.3 is 0 Å². The highest BCUT2D eigenvalue weighted by Crippen LogP contribution is 2.29. The molecule has 0 spiro atoms. The molecule has 1 amide bonds. The molecule has 1 saturated carbocycles. The van der Waals surface area contributed by atoms with E-state index < -0.39 is 5.91 Å². The lowest BCUT2D eigenvalue weighted by Gasteiger charge is -2.35. The first kappa shape index (κ1) is 16.7. The fraction of sp³-hybridized carbons (Fsp3) is 0.667. The summed E-state index contributed by atoms with van der Waals surface area (Å²) in [4.78, 5) is 11.5. The molecule has 1 aromatic rings. The van der Waals surface area contributed by atoms with Crippen molar-refractivity contribution in [2.75, 3.05) is 5.32 Å². The molecule has 2 rings (SSSR count). The van der Waals surface area contributed by atoms with Crippen LogP contribution in [0.4, 0.5) is 5.69 Å². The minimum atomic E-state index is -0.558. The van der Waals surface area contributed by atoms with E-state index in [1.165, 1.54) is 12.8 Å². The molecule has 1 aliphatic carbocycles. The Morgan fingerprint density at radius 2 is 2.23 bits per heavy atom. The first-order valence-electron chi connectivity index (χ1n) is 7.87. The topological polar surface area (TPSA) is 85.0 Å². The molecule has 6 nitrogen and oxygen atoms in total. The maximum Gasteiger partial charge on any atom is 0.271 e. The number of nitrogens with zero attached hydrogens (tertiary/aromatic N) is 2. The largest absolute Gasteiger partial charge is 0.364 e. The first-order valence-corrected chi connectivity index (χ1v) is 8.28. The van der Waals surface area contributed by atoms with Gasteiger partial charge in [-0.3, -0.25) is 9.48 Å². The second-order valence-corrected chi connectivity index (χ2v) is 6.49. The second-order valence-electron chi connectivity index (χ2n) is 6.08. The number of carbonyl (C=O) groups excluding carboxylic acids is 1. The zero-order valence-corrected chi connectivity index (χ0v) is 14.2. The van der Waals surface area contributed by atoms with Crippen molar-refractivity contribution >= 4 is 28.9 Å². The van der Waals surface area contributed by atoms with Gasteiger partial charge in [-0.2, -0.15) is 5.10 Å². The molecular weight excluding hydrogens is 298 g/mol. The van der Waals surface area contributed by atoms with Crippen molar-refractivity contribution in [3.63, 3.8) is 0 Å². The summed E-state index contributed by atoms with van der Waals surface area (Å²) in [6.07, 6.45) is 5.35. The third-order valence-corrected chi connectivity index (χ3v) is 4.81. The second kappa shape index (κ2) is 7.09. The molecule has 0 radical (unpaired) electrons. The van der Waals surface area contributed by atoms with Crippen LogP contribution in [0.2, 0.25) is 0 Å². The number of nitrogens with two attached hydrogens (primary N) is 1. The SMILES string of the molecule is CCn1cc(NC(=S)N[C@@H]2CCC[C@@H](C)[C@H]2C)c(C(N)=O)n1. The van der Waals surface area contributed by atoms with Gasteiger partial charge in [0.15, 0.2) is 10.8 Å². The van der Waals surface area contributed by atoms with Gasteiger partial charge in [0.05, 0.1) is 5.69 Å². The van der Waals surface area contributed by atoms with Gasteiger partial charge in [0, 0.05) is 18.8 Å². The highest BCUT2D eigenvalue weighted by molar-refractivity contribution is 7.80. The Balaban J connectivity index is 2.03. The van der Waals surface area contributed by atoms with Crippen molar-refractivity contribution in [2.24, 2.45) is 17.6 Å². The minimum Gasteiger partial charge on any atom is -0.364 e. The van der Waals surface area contributed by atoms with Gasteiger partial charge in [0.1, 0.15) is 0 Å². The number of carbonyl (C=O) groups is 1. The van der Waals surface area contributed by atoms with Crippen molar-refractivity contribution in [3.8, 4) is 0 Å². The predicted molar refractivity (Wildman–Crippen MR) is 91.7 cm³/mol. The van der Waals surface area contributed by atoms with Gasteiger partial charge in [-0.15, -0.1) is 0 Å². The van der Waals surface area contributed by atoms with Crippen molar-refractivity contribution in [1.82, 2.24) is 15.1 Å². The molecule has 3 atom stereocenters. The Kier molecular flexibility index (Phi) is 5.39. The number of aromatic nitrogens is 2. The van der Waals surface area contributed by atoms with Crippen LogP contribution in [0.15, 0.2) is 6.20 Å². The zero-order valence-electron chi connectivity index (χ0n) is 13.4. The molecule has 22 heavy (non-hydrogen) atoms. The van der Waals surface area contributed by atoms with Crippen LogP contribution in [-0.2, 0) is 6.54 Å². The van der Waals surface area contributed by atoms with Gasteiger partial charge in [-0.25, -0.2) is 0 Å². The Hall–Kier alpha value is -1.63. The summed E-state index contributed by atoms with van der Waals surface area (Å²) in [5.41, 5.74) is 6.14. The van der Waals surface area contributed by atoms with E-state index in [9.17, 15) is 4.79 Å². The Morgan fingerprint density at radius 3 is 2.86 bits per heavy atom. The maximum atomic E-state index is 11.5. The van der Waals surface area contributed by atoms with Gasteiger partial charge in [0.25, 0.3) is 5.91 Å². The summed E-state index contributed by atoms with van der Waals surface area (Å²) in [7, 11) is 0. The van der Waals surface area contributed by atoms with Crippen molar-refractivity contribution in [1.29, 1.82) is 0 Å². The van der Waals surface area contributed by atoms with E-state index in [1.807, 2.05) is 6.92 Å². The number of anilines is 1. The lowest BCUT2D eigenvalue weighted by Crippen LogP contribution is -2.45. The van der Waals surface area contributed by atoms with Crippen LogP contribution in [0.1, 0.15) is 50.5 Å². The van der Waals surface area contributed by atoms with E-state index in [2.05, 4.69) is 29.6 Å². The minimum absolute atomic E-state index is 0.219. The summed E-state index contributed by atoms with van der Waals surface area (Å²) < 4.78 is 1.66. The quantitative estimate of drug-likeness (QED) is 0.739. The zero-order chi connectivity index (χ0) is 16.3. The Labute approximate surface area is 136 Å². The van der Waals surface area contributed by atoms with E-state index >= 15 is 0 Å². The summed E-state index contributed by atoms with van der Waals surface area (Å²) in [6, 6.07) is 0.363. The van der Waals surface area contributed by atoms with Crippen LogP contribution >= 0.6 is 12.2 Å². The van der Waals surface area contributed by atoms with E-state index in [0.29, 0.717) is 35.2 Å². The summed E-state index contributed by atoms with van der Waals surface area (Å²) >= 11 is 5.39. The van der Waals surface area contributed by atoms with Crippen LogP contribution in [0, 0.1) is 11.8 Å². The van der Waals surface area contributed by atoms with Gasteiger partial charge in [0.2, 0.25) is 0 Å². The van der Waals surface area contributed by atoms with E-state index in [4.69, 9.17) is 18.0 Å². The maximum absolute atomic E-state index is 11.5. The molecule has 1 fully saturated rings. The van der Waals surface area contributed by atoms with Gasteiger partial charge in [-0.05, 0) is 37.4 Å². The number of aryl methyl sites for hydroxylation is 1. The fourth-order valence-electron chi connectivity index (χ4n) is 2.97. The van der Waals surface area contributed by atoms with Crippen LogP contribution in [0.5, 0.6) is 0 Å². The lowest BCUT2D eigenvalue weighted by molar-refractivity contribution is 0.0995. The Morgan fingerprint density at radius 1 is 1.50 bits per heavy atom. The standard InChI is InChI=1S/C15H25N5OS/c1-4-20-8-12(13(19-20)14(16)21)18-15(22)17-11-7-5-6-9(2)10(11)3/h8-11H,4-7H2,1-3H3,(H2,16,21)(H2,17,18,22)/t9-,10-,11-/m1/s1. The van der Waals surface area contributed by atoms with Crippen LogP contribution in [0.3, 0.4) is 0 Å². The number of thiocarbonyl (C=S) groups is 1. The van der Waals surface area contributed by atoms with Gasteiger partial charge in [-0.1, -0.05) is 26.7 Å². The molecule has 4 N–H and O–H groups in total. The van der Waals surface area contributed by atoms with E-state index in [-0.39, 0.29) is 5.69 Å². The van der Waals surface area contributed by atoms with Crippen molar-refractivity contribution < 1.29 is 4.79 Å².